The van der Waals surface area contributed by atoms with Crippen molar-refractivity contribution in [3.05, 3.63) is 59.3 Å². The van der Waals surface area contributed by atoms with Crippen molar-refractivity contribution in [1.82, 2.24) is 29.9 Å². The minimum atomic E-state index is -0.346. The van der Waals surface area contributed by atoms with Crippen LogP contribution >= 0.6 is 11.6 Å². The molecule has 0 aromatic carbocycles. The van der Waals surface area contributed by atoms with Crippen LogP contribution in [0.1, 0.15) is 35.4 Å². The van der Waals surface area contributed by atoms with Crippen LogP contribution in [0.2, 0.25) is 5.02 Å². The lowest BCUT2D eigenvalue weighted by Crippen LogP contribution is -2.67. The maximum atomic E-state index is 13.7. The zero-order valence-corrected chi connectivity index (χ0v) is 17.3. The van der Waals surface area contributed by atoms with E-state index in [2.05, 4.69) is 20.2 Å². The van der Waals surface area contributed by atoms with Gasteiger partial charge in [-0.2, -0.15) is 10.2 Å². The van der Waals surface area contributed by atoms with Gasteiger partial charge in [0.1, 0.15) is 12.3 Å². The molecule has 154 valence electrons. The summed E-state index contributed by atoms with van der Waals surface area (Å²) in [5.74, 6) is 1.02. The molecule has 0 unspecified atom stereocenters. The second-order valence-corrected chi connectivity index (χ2v) is 8.42. The second-order valence-electron chi connectivity index (χ2n) is 7.99. The normalized spacial score (nSPS) is 22.5. The minimum absolute atomic E-state index is 0.114. The van der Waals surface area contributed by atoms with Crippen molar-refractivity contribution in [1.29, 1.82) is 0 Å². The number of hydrogen-bond acceptors (Lipinski definition) is 6. The third kappa shape index (κ3) is 3.31. The smallest absolute Gasteiger partial charge is 0.275 e. The summed E-state index contributed by atoms with van der Waals surface area (Å²) in [7, 11) is 0. The lowest BCUT2D eigenvalue weighted by atomic mass is 9.63. The van der Waals surface area contributed by atoms with Crippen molar-refractivity contribution in [3.63, 3.8) is 0 Å². The molecule has 5 heterocycles. The number of piperidine rings is 2. The first-order valence-corrected chi connectivity index (χ1v) is 10.3. The number of hydrogen-bond donors (Lipinski definition) is 0. The van der Waals surface area contributed by atoms with Gasteiger partial charge in [0, 0.05) is 24.5 Å². The van der Waals surface area contributed by atoms with Gasteiger partial charge in [0.2, 0.25) is 5.88 Å². The Morgan fingerprint density at radius 1 is 1.23 bits per heavy atom. The number of rotatable bonds is 5. The van der Waals surface area contributed by atoms with E-state index >= 15 is 0 Å². The monoisotopic (exact) mass is 424 g/mol. The van der Waals surface area contributed by atoms with E-state index in [9.17, 15) is 4.79 Å². The van der Waals surface area contributed by atoms with Gasteiger partial charge >= 0.3 is 0 Å². The number of aryl methyl sites for hydroxylation is 1. The minimum Gasteiger partial charge on any atom is -0.475 e. The summed E-state index contributed by atoms with van der Waals surface area (Å²) in [4.78, 5) is 25.8. The van der Waals surface area contributed by atoms with E-state index in [1.807, 2.05) is 24.0 Å². The Labute approximate surface area is 178 Å². The Hall–Kier alpha value is -3.00. The third-order valence-corrected chi connectivity index (χ3v) is 6.18. The average Bonchev–Trinajstić information content (AvgIpc) is 3.27. The fourth-order valence-corrected chi connectivity index (χ4v) is 4.60. The molecule has 1 saturated carbocycles. The van der Waals surface area contributed by atoms with Crippen LogP contribution in [0.3, 0.4) is 0 Å². The highest BCUT2D eigenvalue weighted by Crippen LogP contribution is 2.49. The number of carbonyl (C=O) groups is 1. The van der Waals surface area contributed by atoms with Crippen LogP contribution in [0.15, 0.2) is 42.9 Å². The zero-order valence-electron chi connectivity index (χ0n) is 16.5. The summed E-state index contributed by atoms with van der Waals surface area (Å²) in [6, 6.07) is 7.18. The number of ether oxygens (including phenoxy) is 1. The van der Waals surface area contributed by atoms with E-state index in [1.165, 1.54) is 4.80 Å². The van der Waals surface area contributed by atoms with Crippen LogP contribution in [0, 0.1) is 12.8 Å². The van der Waals surface area contributed by atoms with E-state index in [0.29, 0.717) is 41.4 Å². The predicted octanol–water partition coefficient (Wildman–Crippen LogP) is 3.09. The van der Waals surface area contributed by atoms with Gasteiger partial charge in [-0.15, -0.1) is 4.80 Å². The van der Waals surface area contributed by atoms with Crippen molar-refractivity contribution < 1.29 is 9.53 Å². The average molecular weight is 425 g/mol. The molecule has 3 fully saturated rings. The molecule has 0 N–H and O–H groups in total. The molecular formula is C21H21ClN6O2. The predicted molar refractivity (Wildman–Crippen MR) is 110 cm³/mol. The highest BCUT2D eigenvalue weighted by Gasteiger charge is 2.55. The molecule has 0 radical (unpaired) electrons. The van der Waals surface area contributed by atoms with Crippen molar-refractivity contribution in [2.24, 2.45) is 5.92 Å². The van der Waals surface area contributed by atoms with Gasteiger partial charge in [0.25, 0.3) is 5.91 Å². The van der Waals surface area contributed by atoms with Gasteiger partial charge in [0.05, 0.1) is 23.0 Å². The molecule has 0 spiro atoms. The molecule has 3 aromatic heterocycles. The fourth-order valence-electron chi connectivity index (χ4n) is 4.49. The first-order valence-electron chi connectivity index (χ1n) is 9.95. The summed E-state index contributed by atoms with van der Waals surface area (Å²) < 4.78 is 5.97. The van der Waals surface area contributed by atoms with Gasteiger partial charge in [-0.25, -0.2) is 9.97 Å². The molecule has 30 heavy (non-hydrogen) atoms. The van der Waals surface area contributed by atoms with E-state index in [0.717, 1.165) is 25.0 Å². The molecule has 6 rings (SSSR count). The molecule has 2 saturated heterocycles. The Bertz CT molecular complexity index is 1060. The van der Waals surface area contributed by atoms with E-state index in [4.69, 9.17) is 16.3 Å². The number of carbonyl (C=O) groups excluding carboxylic acids is 1. The number of fused-ring (bicyclic) bond motifs is 2. The van der Waals surface area contributed by atoms with Crippen molar-refractivity contribution in [2.75, 3.05) is 13.2 Å². The molecule has 2 bridgehead atoms. The van der Waals surface area contributed by atoms with Gasteiger partial charge in [-0.3, -0.25) is 4.79 Å². The van der Waals surface area contributed by atoms with Crippen molar-refractivity contribution in [2.45, 2.75) is 31.7 Å². The molecule has 9 heteroatoms. The summed E-state index contributed by atoms with van der Waals surface area (Å²) in [5, 5.41) is 8.93. The summed E-state index contributed by atoms with van der Waals surface area (Å²) >= 11 is 5.91. The largest absolute Gasteiger partial charge is 0.475 e. The number of nitrogens with zero attached hydrogens (tertiary/aromatic N) is 6. The van der Waals surface area contributed by atoms with Gasteiger partial charge in [-0.05, 0) is 50.3 Å². The number of pyridine rings is 2. The highest BCUT2D eigenvalue weighted by molar-refractivity contribution is 6.30. The Kier molecular flexibility index (Phi) is 4.66. The van der Waals surface area contributed by atoms with Crippen LogP contribution in [0.4, 0.5) is 0 Å². The zero-order chi connectivity index (χ0) is 20.7. The topological polar surface area (TPSA) is 86.0 Å². The van der Waals surface area contributed by atoms with Crippen LogP contribution in [-0.4, -0.2) is 54.5 Å². The van der Waals surface area contributed by atoms with E-state index in [1.54, 1.807) is 30.7 Å². The number of amides is 1. The van der Waals surface area contributed by atoms with E-state index in [-0.39, 0.29) is 11.4 Å². The highest BCUT2D eigenvalue weighted by atomic mass is 35.5. The number of aromatic nitrogens is 5. The fraction of sp³-hybridized carbons (Fsp3) is 0.381. The maximum Gasteiger partial charge on any atom is 0.275 e. The molecular weight excluding hydrogens is 404 g/mol. The van der Waals surface area contributed by atoms with Gasteiger partial charge in [-0.1, -0.05) is 11.6 Å². The summed E-state index contributed by atoms with van der Waals surface area (Å²) in [6.45, 7) is 2.95. The number of halogens is 1. The molecule has 3 aromatic rings. The Morgan fingerprint density at radius 2 is 2.03 bits per heavy atom. The molecule has 3 aliphatic rings. The van der Waals surface area contributed by atoms with Gasteiger partial charge in [0.15, 0.2) is 5.69 Å². The van der Waals surface area contributed by atoms with Crippen LogP contribution in [0.25, 0.3) is 5.69 Å². The summed E-state index contributed by atoms with van der Waals surface area (Å²) in [5.41, 5.74) is 1.36. The quantitative estimate of drug-likeness (QED) is 0.625. The summed E-state index contributed by atoms with van der Waals surface area (Å²) in [6.07, 6.45) is 7.57. The molecule has 1 amide bonds. The van der Waals surface area contributed by atoms with Gasteiger partial charge < -0.3 is 9.64 Å². The molecule has 2 aliphatic heterocycles. The Morgan fingerprint density at radius 3 is 2.77 bits per heavy atom. The Balaban J connectivity index is 1.43. The lowest BCUT2D eigenvalue weighted by molar-refractivity contribution is -0.0804. The lowest BCUT2D eigenvalue weighted by Gasteiger charge is -2.58. The standard InChI is InChI=1S/C21H21ClN6O2/c1-14-2-4-17(28-24-7-8-25-28)19(26-14)20(29)27-9-6-15-10-21(27,11-15)13-30-18-5-3-16(22)12-23-18/h2-5,7-8,12,15H,6,9-11,13H2,1H3. The molecule has 0 atom stereocenters. The third-order valence-electron chi connectivity index (χ3n) is 5.95. The molecule has 1 aliphatic carbocycles. The maximum absolute atomic E-state index is 13.7. The first-order chi connectivity index (χ1) is 14.5. The van der Waals surface area contributed by atoms with Crippen LogP contribution in [-0.2, 0) is 0 Å². The van der Waals surface area contributed by atoms with Crippen molar-refractivity contribution >= 4 is 17.5 Å². The molecule has 8 nitrogen and oxygen atoms in total. The SMILES string of the molecule is Cc1ccc(-n2nccn2)c(C(=O)N2CCC3CC2(COc2ccc(Cl)cn2)C3)n1. The van der Waals surface area contributed by atoms with E-state index < -0.39 is 0 Å². The van der Waals surface area contributed by atoms with Crippen LogP contribution in [0.5, 0.6) is 5.88 Å². The first kappa shape index (κ1) is 19.0. The van der Waals surface area contributed by atoms with Crippen LogP contribution < -0.4 is 4.74 Å². The van der Waals surface area contributed by atoms with Crippen molar-refractivity contribution in [3.8, 4) is 11.6 Å². The second kappa shape index (κ2) is 7.36.